The van der Waals surface area contributed by atoms with Crippen LogP contribution < -0.4 is 0 Å². The van der Waals surface area contributed by atoms with Crippen LogP contribution in [0, 0.1) is 15.9 Å². The normalized spacial score (nSPS) is 17.7. The van der Waals surface area contributed by atoms with Gasteiger partial charge in [0.05, 0.1) is 16.6 Å². The number of hydrogen-bond acceptors (Lipinski definition) is 4. The lowest BCUT2D eigenvalue weighted by Crippen LogP contribution is -2.44. The van der Waals surface area contributed by atoms with E-state index in [4.69, 9.17) is 0 Å². The Kier molecular flexibility index (Phi) is 4.66. The van der Waals surface area contributed by atoms with Gasteiger partial charge in [0.25, 0.3) is 5.69 Å². The Morgan fingerprint density at radius 2 is 1.82 bits per heavy atom. The summed E-state index contributed by atoms with van der Waals surface area (Å²) in [6.07, 6.45) is -4.84. The van der Waals surface area contributed by atoms with Crippen molar-refractivity contribution in [2.24, 2.45) is 0 Å². The van der Waals surface area contributed by atoms with E-state index >= 15 is 0 Å². The lowest BCUT2D eigenvalue weighted by molar-refractivity contribution is -0.385. The van der Waals surface area contributed by atoms with Crippen molar-refractivity contribution in [2.45, 2.75) is 12.7 Å². The van der Waals surface area contributed by atoms with Crippen molar-refractivity contribution in [3.63, 3.8) is 0 Å². The number of nitro benzene ring substituents is 1. The molecule has 0 atom stereocenters. The summed E-state index contributed by atoms with van der Waals surface area (Å²) >= 11 is 0. The number of nitro groups is 1. The first-order chi connectivity index (χ1) is 10.2. The van der Waals surface area contributed by atoms with Crippen LogP contribution >= 0.6 is 0 Å². The maximum Gasteiger partial charge on any atom is 0.417 e. The van der Waals surface area contributed by atoms with Crippen molar-refractivity contribution in [1.29, 1.82) is 0 Å². The van der Waals surface area contributed by atoms with E-state index in [1.165, 1.54) is 0 Å². The molecule has 0 aliphatic carbocycles. The Morgan fingerprint density at radius 3 is 2.32 bits per heavy atom. The highest BCUT2D eigenvalue weighted by Gasteiger charge is 2.37. The molecule has 1 heterocycles. The van der Waals surface area contributed by atoms with Crippen molar-refractivity contribution in [2.75, 3.05) is 33.2 Å². The average molecular weight is 321 g/mol. The third-order valence-corrected chi connectivity index (χ3v) is 3.67. The van der Waals surface area contributed by atoms with Crippen LogP contribution in [-0.4, -0.2) is 47.9 Å². The quantitative estimate of drug-likeness (QED) is 0.488. The molecule has 1 aliphatic rings. The summed E-state index contributed by atoms with van der Waals surface area (Å²) < 4.78 is 53.2. The van der Waals surface area contributed by atoms with E-state index in [1.807, 2.05) is 11.9 Å². The summed E-state index contributed by atoms with van der Waals surface area (Å²) in [5.41, 5.74) is -2.72. The second kappa shape index (κ2) is 6.17. The van der Waals surface area contributed by atoms with Crippen molar-refractivity contribution in [1.82, 2.24) is 9.80 Å². The summed E-state index contributed by atoms with van der Waals surface area (Å²) in [5.74, 6) is -1.19. The molecule has 5 nitrogen and oxygen atoms in total. The molecule has 0 spiro atoms. The van der Waals surface area contributed by atoms with Crippen molar-refractivity contribution in [3.8, 4) is 0 Å². The molecule has 1 aromatic carbocycles. The monoisotopic (exact) mass is 321 g/mol. The van der Waals surface area contributed by atoms with E-state index in [1.54, 1.807) is 4.90 Å². The number of hydrogen-bond donors (Lipinski definition) is 0. The lowest BCUT2D eigenvalue weighted by atomic mass is 10.0. The Bertz CT molecular complexity index is 569. The van der Waals surface area contributed by atoms with E-state index in [9.17, 15) is 27.7 Å². The lowest BCUT2D eigenvalue weighted by Gasteiger charge is -2.32. The minimum atomic E-state index is -4.84. The van der Waals surface area contributed by atoms with Gasteiger partial charge in [0, 0.05) is 44.4 Å². The average Bonchev–Trinajstić information content (AvgIpc) is 2.41. The Hall–Kier alpha value is -1.74. The summed E-state index contributed by atoms with van der Waals surface area (Å²) in [6.45, 7) is 2.17. The highest BCUT2D eigenvalue weighted by atomic mass is 19.4. The van der Waals surface area contributed by atoms with E-state index < -0.39 is 33.7 Å². The molecule has 1 aliphatic heterocycles. The molecule has 122 valence electrons. The van der Waals surface area contributed by atoms with Gasteiger partial charge in [-0.15, -0.1) is 0 Å². The first kappa shape index (κ1) is 16.6. The molecule has 2 rings (SSSR count). The molecule has 1 fully saturated rings. The van der Waals surface area contributed by atoms with E-state index in [0.29, 0.717) is 38.3 Å². The fraction of sp³-hybridized carbons (Fsp3) is 0.538. The van der Waals surface area contributed by atoms with E-state index in [2.05, 4.69) is 0 Å². The molecule has 9 heteroatoms. The molecule has 1 aromatic rings. The van der Waals surface area contributed by atoms with Crippen LogP contribution in [0.25, 0.3) is 0 Å². The number of likely N-dealkylation sites (N-methyl/N-ethyl adjacent to an activating group) is 1. The number of alkyl halides is 3. The van der Waals surface area contributed by atoms with Gasteiger partial charge in [-0.2, -0.15) is 13.2 Å². The van der Waals surface area contributed by atoms with Gasteiger partial charge in [-0.05, 0) is 7.05 Å². The van der Waals surface area contributed by atoms with Gasteiger partial charge in [0.2, 0.25) is 0 Å². The fourth-order valence-electron chi connectivity index (χ4n) is 2.37. The molecule has 22 heavy (non-hydrogen) atoms. The van der Waals surface area contributed by atoms with Crippen LogP contribution in [0.2, 0.25) is 0 Å². The first-order valence-electron chi connectivity index (χ1n) is 6.63. The van der Waals surface area contributed by atoms with Crippen LogP contribution in [0.3, 0.4) is 0 Å². The standard InChI is InChI=1S/C13H15F4N3O2/c1-18-2-4-19(5-3-18)8-10-11(13(15,16)17)6-9(20(21)22)7-12(10)14/h6-7H,2-5,8H2,1H3. The summed E-state index contributed by atoms with van der Waals surface area (Å²) in [6, 6.07) is 0.940. The molecular formula is C13H15F4N3O2. The minimum absolute atomic E-state index is 0.216. The van der Waals surface area contributed by atoms with Crippen LogP contribution in [0.15, 0.2) is 12.1 Å². The van der Waals surface area contributed by atoms with Gasteiger partial charge in [0.1, 0.15) is 5.82 Å². The summed E-state index contributed by atoms with van der Waals surface area (Å²) in [4.78, 5) is 13.3. The third-order valence-electron chi connectivity index (χ3n) is 3.67. The molecule has 0 radical (unpaired) electrons. The smallest absolute Gasteiger partial charge is 0.304 e. The maximum absolute atomic E-state index is 14.0. The Morgan fingerprint density at radius 1 is 1.23 bits per heavy atom. The van der Waals surface area contributed by atoms with Gasteiger partial charge in [-0.1, -0.05) is 0 Å². The Labute approximate surface area is 124 Å². The number of non-ortho nitro benzene ring substituents is 1. The van der Waals surface area contributed by atoms with Gasteiger partial charge in [-0.25, -0.2) is 4.39 Å². The zero-order chi connectivity index (χ0) is 16.5. The number of benzene rings is 1. The van der Waals surface area contributed by atoms with Crippen LogP contribution in [-0.2, 0) is 12.7 Å². The minimum Gasteiger partial charge on any atom is -0.304 e. The molecule has 0 amide bonds. The third kappa shape index (κ3) is 3.72. The van der Waals surface area contributed by atoms with Gasteiger partial charge in [-0.3, -0.25) is 15.0 Å². The van der Waals surface area contributed by atoms with Crippen molar-refractivity contribution < 1.29 is 22.5 Å². The van der Waals surface area contributed by atoms with Crippen LogP contribution in [0.1, 0.15) is 11.1 Å². The van der Waals surface area contributed by atoms with Crippen molar-refractivity contribution >= 4 is 5.69 Å². The van der Waals surface area contributed by atoms with Gasteiger partial charge >= 0.3 is 6.18 Å². The second-order valence-electron chi connectivity index (χ2n) is 5.29. The molecule has 0 aromatic heterocycles. The Balaban J connectivity index is 2.35. The second-order valence-corrected chi connectivity index (χ2v) is 5.29. The predicted molar refractivity (Wildman–Crippen MR) is 70.8 cm³/mol. The zero-order valence-corrected chi connectivity index (χ0v) is 11.9. The van der Waals surface area contributed by atoms with Gasteiger partial charge < -0.3 is 4.90 Å². The molecule has 0 bridgehead atoms. The predicted octanol–water partition coefficient (Wildman–Crippen LogP) is 2.50. The number of piperazine rings is 1. The van der Waals surface area contributed by atoms with E-state index in [-0.39, 0.29) is 6.54 Å². The topological polar surface area (TPSA) is 49.6 Å². The molecule has 0 saturated carbocycles. The molecular weight excluding hydrogens is 306 g/mol. The molecule has 0 N–H and O–H groups in total. The summed E-state index contributed by atoms with van der Waals surface area (Å²) in [5, 5.41) is 10.6. The van der Waals surface area contributed by atoms with E-state index in [0.717, 1.165) is 0 Å². The SMILES string of the molecule is CN1CCN(Cc2c(F)cc([N+](=O)[O-])cc2C(F)(F)F)CC1. The largest absolute Gasteiger partial charge is 0.417 e. The highest BCUT2D eigenvalue weighted by Crippen LogP contribution is 2.36. The maximum atomic E-state index is 14.0. The number of halogens is 4. The molecule has 0 unspecified atom stereocenters. The van der Waals surface area contributed by atoms with Crippen LogP contribution in [0.4, 0.5) is 23.2 Å². The summed E-state index contributed by atoms with van der Waals surface area (Å²) in [7, 11) is 1.89. The highest BCUT2D eigenvalue weighted by molar-refractivity contribution is 5.42. The fourth-order valence-corrected chi connectivity index (χ4v) is 2.37. The zero-order valence-electron chi connectivity index (χ0n) is 11.9. The van der Waals surface area contributed by atoms with Gasteiger partial charge in [0.15, 0.2) is 0 Å². The van der Waals surface area contributed by atoms with Crippen molar-refractivity contribution in [3.05, 3.63) is 39.2 Å². The molecule has 1 saturated heterocycles. The van der Waals surface area contributed by atoms with Crippen LogP contribution in [0.5, 0.6) is 0 Å². The first-order valence-corrected chi connectivity index (χ1v) is 6.63. The number of nitrogens with zero attached hydrogens (tertiary/aromatic N) is 3. The number of rotatable bonds is 3.